The van der Waals surface area contributed by atoms with E-state index >= 15 is 0 Å². The van der Waals surface area contributed by atoms with E-state index in [1.54, 1.807) is 16.5 Å². The van der Waals surface area contributed by atoms with Gasteiger partial charge < -0.3 is 27.0 Å². The zero-order valence-electron chi connectivity index (χ0n) is 15.5. The van der Waals surface area contributed by atoms with E-state index in [1.807, 2.05) is 6.92 Å². The highest BCUT2D eigenvalue weighted by Crippen LogP contribution is 2.19. The van der Waals surface area contributed by atoms with Crippen molar-refractivity contribution in [3.05, 3.63) is 11.6 Å². The lowest BCUT2D eigenvalue weighted by Gasteiger charge is -2.30. The lowest BCUT2D eigenvalue weighted by Crippen LogP contribution is -2.51. The number of thioether (sulfide) groups is 1. The normalized spacial score (nSPS) is 22.9. The summed E-state index contributed by atoms with van der Waals surface area (Å²) >= 11 is 1.36. The Morgan fingerprint density at radius 3 is 2.93 bits per heavy atom. The molecule has 0 spiro atoms. The maximum Gasteiger partial charge on any atom is 0.240 e. The second kappa shape index (κ2) is 10.2. The van der Waals surface area contributed by atoms with E-state index in [4.69, 9.17) is 11.5 Å². The Kier molecular flexibility index (Phi) is 7.96. The maximum absolute atomic E-state index is 12.7. The summed E-state index contributed by atoms with van der Waals surface area (Å²) in [5.74, 6) is -0.509. The third-order valence-electron chi connectivity index (χ3n) is 4.55. The number of piperidine rings is 1. The molecule has 1 unspecified atom stereocenters. The Bertz CT molecular complexity index is 612. The van der Waals surface area contributed by atoms with Gasteiger partial charge in [-0.15, -0.1) is 0 Å². The molecule has 27 heavy (non-hydrogen) atoms. The minimum Gasteiger partial charge on any atom is -0.372 e. The molecule has 0 aromatic rings. The number of aliphatic imine (C=N–C) groups is 1. The number of rotatable bonds is 9. The van der Waals surface area contributed by atoms with Crippen molar-refractivity contribution in [1.29, 1.82) is 0 Å². The van der Waals surface area contributed by atoms with Crippen molar-refractivity contribution in [3.63, 3.8) is 0 Å². The van der Waals surface area contributed by atoms with Crippen molar-refractivity contribution in [2.24, 2.45) is 22.4 Å². The lowest BCUT2D eigenvalue weighted by molar-refractivity contribution is -0.141. The van der Waals surface area contributed by atoms with Gasteiger partial charge in [0, 0.05) is 25.2 Å². The molecule has 0 saturated carbocycles. The fourth-order valence-corrected chi connectivity index (χ4v) is 3.88. The molecule has 2 heterocycles. The van der Waals surface area contributed by atoms with Crippen LogP contribution in [0.3, 0.4) is 0 Å². The summed E-state index contributed by atoms with van der Waals surface area (Å²) in [6, 6.07) is -0.658. The number of hydrogen-bond acceptors (Lipinski definition) is 6. The first-order chi connectivity index (χ1) is 12.9. The van der Waals surface area contributed by atoms with Crippen molar-refractivity contribution in [2.75, 3.05) is 19.6 Å². The third kappa shape index (κ3) is 6.46. The zero-order valence-corrected chi connectivity index (χ0v) is 16.3. The molecule has 2 amide bonds. The largest absolute Gasteiger partial charge is 0.372 e. The molecule has 3 atom stereocenters. The Hall–Kier alpha value is -2.23. The molecule has 0 bridgehead atoms. The molecule has 0 aliphatic carbocycles. The van der Waals surface area contributed by atoms with Crippen LogP contribution in [0, 0.1) is 5.92 Å². The number of nitrogens with one attached hydrogen (secondary N) is 2. The fourth-order valence-electron chi connectivity index (χ4n) is 3.11. The molecule has 9 nitrogen and oxygen atoms in total. The molecule has 2 rings (SSSR count). The van der Waals surface area contributed by atoms with E-state index in [1.165, 1.54) is 11.8 Å². The second-order valence-electron chi connectivity index (χ2n) is 6.76. The van der Waals surface area contributed by atoms with E-state index < -0.39 is 11.4 Å². The van der Waals surface area contributed by atoms with Crippen molar-refractivity contribution in [1.82, 2.24) is 15.5 Å². The number of nitrogens with two attached hydrogens (primary N) is 2. The number of amides is 2. The van der Waals surface area contributed by atoms with Crippen LogP contribution < -0.4 is 22.1 Å². The van der Waals surface area contributed by atoms with Crippen LogP contribution in [-0.2, 0) is 14.4 Å². The summed E-state index contributed by atoms with van der Waals surface area (Å²) in [7, 11) is 0. The molecule has 6 N–H and O–H groups in total. The topological polar surface area (TPSA) is 143 Å². The number of likely N-dealkylation sites (tertiary alicyclic amines) is 1. The predicted octanol–water partition coefficient (Wildman–Crippen LogP) is -0.514. The van der Waals surface area contributed by atoms with Crippen LogP contribution in [0.25, 0.3) is 0 Å². The summed E-state index contributed by atoms with van der Waals surface area (Å²) in [4.78, 5) is 42.8. The van der Waals surface area contributed by atoms with Gasteiger partial charge in [0.05, 0.1) is 12.6 Å². The Morgan fingerprint density at radius 2 is 2.26 bits per heavy atom. The first kappa shape index (κ1) is 21.1. The fraction of sp³-hybridized carbons (Fsp3) is 0.647. The number of ketones is 1. The van der Waals surface area contributed by atoms with Crippen molar-refractivity contribution in [2.45, 2.75) is 44.0 Å². The Labute approximate surface area is 163 Å². The summed E-state index contributed by atoms with van der Waals surface area (Å²) in [5, 5.41) is 7.13. The first-order valence-corrected chi connectivity index (χ1v) is 10.1. The molecular weight excluding hydrogens is 368 g/mol. The van der Waals surface area contributed by atoms with Crippen LogP contribution in [0.5, 0.6) is 0 Å². The standard InChI is InChI=1S/C17H28N6O3S/c1-11-4-3-8-23(16(11)26)10-13(24)22-12(5-2-6-21-17(18)19)14(25)15-20-7-9-27-15/h7,9,11-12,15,20H,2-6,8,10H2,1H3,(H,22,24)(H4,18,19,21)/t11-,12-,15?/m0/s1. The van der Waals surface area contributed by atoms with Crippen LogP contribution in [0.1, 0.15) is 32.6 Å². The predicted molar refractivity (Wildman–Crippen MR) is 105 cm³/mol. The van der Waals surface area contributed by atoms with Crippen molar-refractivity contribution < 1.29 is 14.4 Å². The van der Waals surface area contributed by atoms with Crippen molar-refractivity contribution >= 4 is 35.3 Å². The highest BCUT2D eigenvalue weighted by atomic mass is 32.2. The van der Waals surface area contributed by atoms with E-state index in [0.29, 0.717) is 25.9 Å². The maximum atomic E-state index is 12.7. The average Bonchev–Trinajstić information content (AvgIpc) is 3.15. The molecule has 0 aromatic carbocycles. The monoisotopic (exact) mass is 396 g/mol. The number of nitrogens with zero attached hydrogens (tertiary/aromatic N) is 2. The van der Waals surface area contributed by atoms with Crippen LogP contribution in [-0.4, -0.2) is 59.5 Å². The second-order valence-corrected chi connectivity index (χ2v) is 7.78. The van der Waals surface area contributed by atoms with Gasteiger partial charge in [0.15, 0.2) is 11.7 Å². The van der Waals surface area contributed by atoms with Crippen LogP contribution in [0.2, 0.25) is 0 Å². The molecule has 150 valence electrons. The zero-order chi connectivity index (χ0) is 19.8. The van der Waals surface area contributed by atoms with E-state index in [0.717, 1.165) is 12.8 Å². The summed E-state index contributed by atoms with van der Waals surface area (Å²) in [6.07, 6.45) is 4.42. The summed E-state index contributed by atoms with van der Waals surface area (Å²) in [5.41, 5.74) is 10.6. The molecule has 10 heteroatoms. The van der Waals surface area contributed by atoms with Gasteiger partial charge in [0.25, 0.3) is 0 Å². The highest BCUT2D eigenvalue weighted by Gasteiger charge is 2.31. The van der Waals surface area contributed by atoms with Gasteiger partial charge in [0.1, 0.15) is 5.37 Å². The van der Waals surface area contributed by atoms with Gasteiger partial charge >= 0.3 is 0 Å². The van der Waals surface area contributed by atoms with Crippen LogP contribution >= 0.6 is 11.8 Å². The minimum absolute atomic E-state index is 0.00291. The van der Waals surface area contributed by atoms with Gasteiger partial charge in [-0.05, 0) is 31.1 Å². The van der Waals surface area contributed by atoms with Crippen LogP contribution in [0.15, 0.2) is 16.6 Å². The summed E-state index contributed by atoms with van der Waals surface area (Å²) in [6.45, 7) is 2.81. The van der Waals surface area contributed by atoms with Gasteiger partial charge in [-0.25, -0.2) is 0 Å². The van der Waals surface area contributed by atoms with Gasteiger partial charge in [-0.1, -0.05) is 18.7 Å². The smallest absolute Gasteiger partial charge is 0.240 e. The van der Waals surface area contributed by atoms with Gasteiger partial charge in [-0.3, -0.25) is 19.4 Å². The summed E-state index contributed by atoms with van der Waals surface area (Å²) < 4.78 is 0. The first-order valence-electron chi connectivity index (χ1n) is 9.12. The van der Waals surface area contributed by atoms with Gasteiger partial charge in [-0.2, -0.15) is 0 Å². The molecular formula is C17H28N6O3S. The molecule has 1 fully saturated rings. The number of carbonyl (C=O) groups is 3. The number of hydrogen-bond donors (Lipinski definition) is 4. The van der Waals surface area contributed by atoms with E-state index in [-0.39, 0.29) is 36.0 Å². The molecule has 2 aliphatic heterocycles. The third-order valence-corrected chi connectivity index (χ3v) is 5.48. The van der Waals surface area contributed by atoms with Crippen molar-refractivity contribution in [3.8, 4) is 0 Å². The number of Topliss-reactive ketones (excluding diaryl/α,β-unsaturated/α-hetero) is 1. The van der Waals surface area contributed by atoms with Gasteiger partial charge in [0.2, 0.25) is 11.8 Å². The lowest BCUT2D eigenvalue weighted by atomic mass is 9.99. The number of guanidine groups is 1. The Morgan fingerprint density at radius 1 is 1.48 bits per heavy atom. The SMILES string of the molecule is C[C@H]1CCCN(CC(=O)N[C@@H](CCCN=C(N)N)C(=O)C2NC=CS2)C1=O. The Balaban J connectivity index is 1.92. The average molecular weight is 397 g/mol. The van der Waals surface area contributed by atoms with Crippen LogP contribution in [0.4, 0.5) is 0 Å². The molecule has 0 radical (unpaired) electrons. The molecule has 2 aliphatic rings. The molecule has 1 saturated heterocycles. The van der Waals surface area contributed by atoms with E-state index in [9.17, 15) is 14.4 Å². The highest BCUT2D eigenvalue weighted by molar-refractivity contribution is 8.03. The quantitative estimate of drug-likeness (QED) is 0.233. The number of carbonyl (C=O) groups excluding carboxylic acids is 3. The molecule has 0 aromatic heterocycles. The minimum atomic E-state index is -0.658. The van der Waals surface area contributed by atoms with E-state index in [2.05, 4.69) is 15.6 Å².